The largest absolute Gasteiger partial charge is 0.444 e. The lowest BCUT2D eigenvalue weighted by Gasteiger charge is -2.19. The standard InChI is InChI=1S/C18H19BrFNO2/c1-18(2,3)23-17(22)21-11-12-6-4-7-13(10-12)14-8-5-9-15(19)16(14)20/h4-10H,11H2,1-3H3,(H,21,22). The number of amides is 1. The zero-order valence-electron chi connectivity index (χ0n) is 13.3. The van der Waals surface area contributed by atoms with E-state index in [-0.39, 0.29) is 5.82 Å². The number of benzene rings is 2. The molecule has 0 heterocycles. The van der Waals surface area contributed by atoms with Gasteiger partial charge in [-0.15, -0.1) is 0 Å². The van der Waals surface area contributed by atoms with E-state index in [1.807, 2.05) is 45.0 Å². The van der Waals surface area contributed by atoms with Crippen molar-refractivity contribution in [2.24, 2.45) is 0 Å². The highest BCUT2D eigenvalue weighted by Crippen LogP contribution is 2.28. The van der Waals surface area contributed by atoms with E-state index >= 15 is 0 Å². The number of carbonyl (C=O) groups is 1. The van der Waals surface area contributed by atoms with Crippen molar-refractivity contribution < 1.29 is 13.9 Å². The molecule has 2 aromatic rings. The van der Waals surface area contributed by atoms with Crippen LogP contribution in [-0.4, -0.2) is 11.7 Å². The maximum atomic E-state index is 14.2. The fraction of sp³-hybridized carbons (Fsp3) is 0.278. The van der Waals surface area contributed by atoms with Gasteiger partial charge in [0.2, 0.25) is 0 Å². The van der Waals surface area contributed by atoms with Crippen LogP contribution in [0.25, 0.3) is 11.1 Å². The van der Waals surface area contributed by atoms with Crippen LogP contribution < -0.4 is 5.32 Å². The van der Waals surface area contributed by atoms with Gasteiger partial charge in [-0.05, 0) is 60.0 Å². The summed E-state index contributed by atoms with van der Waals surface area (Å²) >= 11 is 3.19. The second-order valence-corrected chi connectivity index (χ2v) is 7.01. The zero-order valence-corrected chi connectivity index (χ0v) is 14.9. The highest BCUT2D eigenvalue weighted by molar-refractivity contribution is 9.10. The molecule has 23 heavy (non-hydrogen) atoms. The third kappa shape index (κ3) is 5.06. The minimum atomic E-state index is -0.536. The predicted octanol–water partition coefficient (Wildman–Crippen LogP) is 5.28. The summed E-state index contributed by atoms with van der Waals surface area (Å²) in [5.41, 5.74) is 1.60. The van der Waals surface area contributed by atoms with Gasteiger partial charge < -0.3 is 10.1 Å². The van der Waals surface area contributed by atoms with Crippen LogP contribution in [0, 0.1) is 5.82 Å². The van der Waals surface area contributed by atoms with Gasteiger partial charge in [-0.3, -0.25) is 0 Å². The van der Waals surface area contributed by atoms with E-state index in [2.05, 4.69) is 21.2 Å². The van der Waals surface area contributed by atoms with Crippen LogP contribution in [0.4, 0.5) is 9.18 Å². The average molecular weight is 380 g/mol. The first-order chi connectivity index (χ1) is 10.8. The molecular formula is C18H19BrFNO2. The van der Waals surface area contributed by atoms with E-state index in [1.54, 1.807) is 18.2 Å². The fourth-order valence-corrected chi connectivity index (χ4v) is 2.43. The molecule has 0 aromatic heterocycles. The van der Waals surface area contributed by atoms with Gasteiger partial charge in [-0.1, -0.05) is 30.3 Å². The van der Waals surface area contributed by atoms with Crippen molar-refractivity contribution in [3.63, 3.8) is 0 Å². The first-order valence-electron chi connectivity index (χ1n) is 7.26. The molecule has 0 aliphatic carbocycles. The Balaban J connectivity index is 2.12. The topological polar surface area (TPSA) is 38.3 Å². The molecule has 0 saturated heterocycles. The Labute approximate surface area is 144 Å². The zero-order chi connectivity index (χ0) is 17.0. The normalized spacial score (nSPS) is 11.2. The summed E-state index contributed by atoms with van der Waals surface area (Å²) < 4.78 is 19.8. The Bertz CT molecular complexity index is 710. The predicted molar refractivity (Wildman–Crippen MR) is 92.6 cm³/mol. The molecular weight excluding hydrogens is 361 g/mol. The molecule has 3 nitrogen and oxygen atoms in total. The number of carbonyl (C=O) groups excluding carboxylic acids is 1. The van der Waals surface area contributed by atoms with Gasteiger partial charge in [0.05, 0.1) is 4.47 Å². The van der Waals surface area contributed by atoms with Crippen LogP contribution in [0.5, 0.6) is 0 Å². The van der Waals surface area contributed by atoms with Gasteiger partial charge in [-0.2, -0.15) is 0 Å². The molecule has 1 amide bonds. The number of ether oxygens (including phenoxy) is 1. The third-order valence-corrected chi connectivity index (χ3v) is 3.64. The number of hydrogen-bond acceptors (Lipinski definition) is 2. The van der Waals surface area contributed by atoms with Gasteiger partial charge in [-0.25, -0.2) is 9.18 Å². The summed E-state index contributed by atoms with van der Waals surface area (Å²) in [6.45, 7) is 5.74. The van der Waals surface area contributed by atoms with Crippen molar-refractivity contribution in [3.05, 3.63) is 58.3 Å². The SMILES string of the molecule is CC(C)(C)OC(=O)NCc1cccc(-c2cccc(Br)c2F)c1. The Morgan fingerprint density at radius 3 is 2.61 bits per heavy atom. The Morgan fingerprint density at radius 2 is 1.91 bits per heavy atom. The van der Waals surface area contributed by atoms with E-state index in [1.165, 1.54) is 0 Å². The van der Waals surface area contributed by atoms with E-state index in [9.17, 15) is 9.18 Å². The van der Waals surface area contributed by atoms with E-state index < -0.39 is 11.7 Å². The van der Waals surface area contributed by atoms with Crippen LogP contribution in [0.3, 0.4) is 0 Å². The van der Waals surface area contributed by atoms with Crippen molar-refractivity contribution in [2.45, 2.75) is 32.9 Å². The van der Waals surface area contributed by atoms with Gasteiger partial charge in [0.1, 0.15) is 11.4 Å². The maximum absolute atomic E-state index is 14.2. The Hall–Kier alpha value is -1.88. The quantitative estimate of drug-likeness (QED) is 0.787. The van der Waals surface area contributed by atoms with Crippen LogP contribution in [0.1, 0.15) is 26.3 Å². The highest BCUT2D eigenvalue weighted by Gasteiger charge is 2.15. The van der Waals surface area contributed by atoms with Crippen molar-refractivity contribution >= 4 is 22.0 Å². The van der Waals surface area contributed by atoms with Crippen LogP contribution in [0.15, 0.2) is 46.9 Å². The molecule has 0 aliphatic heterocycles. The summed E-state index contributed by atoms with van der Waals surface area (Å²) in [7, 11) is 0. The number of halogens is 2. The fourth-order valence-electron chi connectivity index (χ4n) is 2.06. The van der Waals surface area contributed by atoms with Crippen LogP contribution in [-0.2, 0) is 11.3 Å². The minimum absolute atomic E-state index is 0.301. The second kappa shape index (κ2) is 7.13. The number of nitrogens with one attached hydrogen (secondary N) is 1. The van der Waals surface area contributed by atoms with Crippen molar-refractivity contribution in [1.29, 1.82) is 0 Å². The van der Waals surface area contributed by atoms with Gasteiger partial charge in [0, 0.05) is 12.1 Å². The molecule has 122 valence electrons. The van der Waals surface area contributed by atoms with Crippen LogP contribution >= 0.6 is 15.9 Å². The van der Waals surface area contributed by atoms with Gasteiger partial charge >= 0.3 is 6.09 Å². The first kappa shape index (κ1) is 17.5. The molecule has 0 atom stereocenters. The molecule has 0 radical (unpaired) electrons. The smallest absolute Gasteiger partial charge is 0.407 e. The van der Waals surface area contributed by atoms with Crippen LogP contribution in [0.2, 0.25) is 0 Å². The molecule has 0 bridgehead atoms. The van der Waals surface area contributed by atoms with E-state index in [0.29, 0.717) is 16.6 Å². The molecule has 2 aromatic carbocycles. The molecule has 0 unspecified atom stereocenters. The number of rotatable bonds is 3. The number of alkyl carbamates (subject to hydrolysis) is 1. The minimum Gasteiger partial charge on any atom is -0.444 e. The molecule has 1 N–H and O–H groups in total. The van der Waals surface area contributed by atoms with Gasteiger partial charge in [0.15, 0.2) is 0 Å². The molecule has 2 rings (SSSR count). The van der Waals surface area contributed by atoms with Gasteiger partial charge in [0.25, 0.3) is 0 Å². The Kier molecular flexibility index (Phi) is 5.42. The molecule has 0 spiro atoms. The average Bonchev–Trinajstić information content (AvgIpc) is 2.46. The summed E-state index contributed by atoms with van der Waals surface area (Å²) in [4.78, 5) is 11.7. The molecule has 0 saturated carbocycles. The first-order valence-corrected chi connectivity index (χ1v) is 8.06. The van der Waals surface area contributed by atoms with E-state index in [0.717, 1.165) is 11.1 Å². The summed E-state index contributed by atoms with van der Waals surface area (Å²) in [5, 5.41) is 2.70. The molecule has 0 aliphatic rings. The molecule has 0 fully saturated rings. The summed E-state index contributed by atoms with van der Waals surface area (Å²) in [5.74, 6) is -0.301. The second-order valence-electron chi connectivity index (χ2n) is 6.16. The van der Waals surface area contributed by atoms with Crippen molar-refractivity contribution in [2.75, 3.05) is 0 Å². The number of hydrogen-bond donors (Lipinski definition) is 1. The summed E-state index contributed by atoms with van der Waals surface area (Å²) in [6.07, 6.45) is -0.475. The maximum Gasteiger partial charge on any atom is 0.407 e. The monoisotopic (exact) mass is 379 g/mol. The lowest BCUT2D eigenvalue weighted by atomic mass is 10.0. The lowest BCUT2D eigenvalue weighted by Crippen LogP contribution is -2.32. The van der Waals surface area contributed by atoms with Crippen molar-refractivity contribution in [1.82, 2.24) is 5.32 Å². The highest BCUT2D eigenvalue weighted by atomic mass is 79.9. The summed E-state index contributed by atoms with van der Waals surface area (Å²) in [6, 6.07) is 12.6. The lowest BCUT2D eigenvalue weighted by molar-refractivity contribution is 0.0523. The third-order valence-electron chi connectivity index (χ3n) is 3.03. The molecule has 5 heteroatoms. The Morgan fingerprint density at radius 1 is 1.22 bits per heavy atom. The van der Waals surface area contributed by atoms with Crippen molar-refractivity contribution in [3.8, 4) is 11.1 Å². The van der Waals surface area contributed by atoms with E-state index in [4.69, 9.17) is 4.74 Å².